The van der Waals surface area contributed by atoms with Gasteiger partial charge >= 0.3 is 0 Å². The van der Waals surface area contributed by atoms with E-state index in [0.717, 1.165) is 18.8 Å². The molecule has 0 aromatic heterocycles. The van der Waals surface area contributed by atoms with E-state index in [2.05, 4.69) is 17.4 Å². The summed E-state index contributed by atoms with van der Waals surface area (Å²) in [6.07, 6.45) is 3.53. The number of rotatable bonds is 6. The molecular weight excluding hydrogens is 182 g/mol. The molecule has 1 aromatic carbocycles. The first-order valence-electron chi connectivity index (χ1n) is 4.78. The summed E-state index contributed by atoms with van der Waals surface area (Å²) < 4.78 is 0. The molecule has 1 rings (SSSR count). The van der Waals surface area contributed by atoms with E-state index in [-0.39, 0.29) is 0 Å². The van der Waals surface area contributed by atoms with Crippen molar-refractivity contribution in [3.8, 4) is 0 Å². The Bertz CT molecular complexity index is 211. The van der Waals surface area contributed by atoms with Gasteiger partial charge in [-0.3, -0.25) is 0 Å². The Morgan fingerprint density at radius 1 is 1.00 bits per heavy atom. The highest BCUT2D eigenvalue weighted by atomic mass is 35.5. The Labute approximate surface area is 85.1 Å². The SMILES string of the molecule is ClCCCCCNc1ccccc1. The number of unbranched alkanes of at least 4 members (excludes halogenated alkanes) is 2. The Balaban J connectivity index is 2.07. The number of hydrogen-bond acceptors (Lipinski definition) is 1. The molecule has 13 heavy (non-hydrogen) atoms. The van der Waals surface area contributed by atoms with Gasteiger partial charge in [-0.25, -0.2) is 0 Å². The number of halogens is 1. The lowest BCUT2D eigenvalue weighted by Gasteiger charge is -2.04. The van der Waals surface area contributed by atoms with Crippen molar-refractivity contribution >= 4 is 17.3 Å². The van der Waals surface area contributed by atoms with Crippen molar-refractivity contribution in [3.63, 3.8) is 0 Å². The fourth-order valence-electron chi connectivity index (χ4n) is 1.18. The summed E-state index contributed by atoms with van der Waals surface area (Å²) >= 11 is 5.58. The third-order valence-electron chi connectivity index (χ3n) is 1.91. The number of benzene rings is 1. The third kappa shape index (κ3) is 4.79. The maximum Gasteiger partial charge on any atom is 0.0340 e. The number of nitrogens with one attached hydrogen (secondary N) is 1. The van der Waals surface area contributed by atoms with Gasteiger partial charge in [0.15, 0.2) is 0 Å². The smallest absolute Gasteiger partial charge is 0.0340 e. The molecule has 0 bridgehead atoms. The van der Waals surface area contributed by atoms with Gasteiger partial charge in [-0.05, 0) is 25.0 Å². The Morgan fingerprint density at radius 2 is 1.77 bits per heavy atom. The van der Waals surface area contributed by atoms with Gasteiger partial charge in [0.05, 0.1) is 0 Å². The van der Waals surface area contributed by atoms with Gasteiger partial charge in [-0.1, -0.05) is 24.6 Å². The molecule has 0 spiro atoms. The van der Waals surface area contributed by atoms with Crippen LogP contribution < -0.4 is 5.32 Å². The van der Waals surface area contributed by atoms with Gasteiger partial charge in [0, 0.05) is 18.1 Å². The highest BCUT2D eigenvalue weighted by molar-refractivity contribution is 6.17. The summed E-state index contributed by atoms with van der Waals surface area (Å²) in [5.41, 5.74) is 1.20. The fourth-order valence-corrected chi connectivity index (χ4v) is 1.37. The van der Waals surface area contributed by atoms with Crippen molar-refractivity contribution < 1.29 is 0 Å². The monoisotopic (exact) mass is 197 g/mol. The summed E-state index contributed by atoms with van der Waals surface area (Å²) in [5, 5.41) is 3.36. The molecule has 1 nitrogen and oxygen atoms in total. The number of hydrogen-bond donors (Lipinski definition) is 1. The molecular formula is C11H16ClN. The van der Waals surface area contributed by atoms with E-state index in [1.165, 1.54) is 18.5 Å². The zero-order chi connectivity index (χ0) is 9.36. The molecule has 0 aliphatic rings. The number of anilines is 1. The first kappa shape index (κ1) is 10.4. The van der Waals surface area contributed by atoms with Crippen LogP contribution in [0.25, 0.3) is 0 Å². The largest absolute Gasteiger partial charge is 0.385 e. The molecule has 0 heterocycles. The van der Waals surface area contributed by atoms with E-state index in [1.807, 2.05) is 18.2 Å². The van der Waals surface area contributed by atoms with Crippen LogP contribution in [-0.2, 0) is 0 Å². The molecule has 0 unspecified atom stereocenters. The summed E-state index contributed by atoms with van der Waals surface area (Å²) in [6, 6.07) is 10.3. The molecule has 0 aliphatic heterocycles. The Morgan fingerprint density at radius 3 is 2.46 bits per heavy atom. The average Bonchev–Trinajstić information content (AvgIpc) is 2.19. The minimum Gasteiger partial charge on any atom is -0.385 e. The van der Waals surface area contributed by atoms with Crippen LogP contribution in [0.3, 0.4) is 0 Å². The molecule has 72 valence electrons. The van der Waals surface area contributed by atoms with Crippen LogP contribution >= 0.6 is 11.6 Å². The first-order chi connectivity index (χ1) is 6.43. The molecule has 2 heteroatoms. The van der Waals surface area contributed by atoms with Gasteiger partial charge in [0.2, 0.25) is 0 Å². The van der Waals surface area contributed by atoms with Crippen molar-refractivity contribution in [1.29, 1.82) is 0 Å². The van der Waals surface area contributed by atoms with Crippen LogP contribution in [0.1, 0.15) is 19.3 Å². The minimum absolute atomic E-state index is 0.783. The molecule has 1 N–H and O–H groups in total. The minimum atomic E-state index is 0.783. The number of alkyl halides is 1. The van der Waals surface area contributed by atoms with Crippen molar-refractivity contribution in [2.75, 3.05) is 17.7 Å². The quantitative estimate of drug-likeness (QED) is 0.544. The van der Waals surface area contributed by atoms with Gasteiger partial charge in [0.25, 0.3) is 0 Å². The topological polar surface area (TPSA) is 12.0 Å². The van der Waals surface area contributed by atoms with Gasteiger partial charge in [0.1, 0.15) is 0 Å². The Hall–Kier alpha value is -0.690. The van der Waals surface area contributed by atoms with E-state index in [1.54, 1.807) is 0 Å². The van der Waals surface area contributed by atoms with E-state index in [0.29, 0.717) is 0 Å². The van der Waals surface area contributed by atoms with Crippen molar-refractivity contribution in [1.82, 2.24) is 0 Å². The van der Waals surface area contributed by atoms with Crippen molar-refractivity contribution in [3.05, 3.63) is 30.3 Å². The van der Waals surface area contributed by atoms with Crippen LogP contribution in [0, 0.1) is 0 Å². The summed E-state index contributed by atoms with van der Waals surface area (Å²) in [5.74, 6) is 0.783. The van der Waals surface area contributed by atoms with Gasteiger partial charge in [-0.15, -0.1) is 11.6 Å². The third-order valence-corrected chi connectivity index (χ3v) is 2.18. The van der Waals surface area contributed by atoms with Crippen LogP contribution in [0.15, 0.2) is 30.3 Å². The second-order valence-corrected chi connectivity index (χ2v) is 3.42. The second kappa shape index (κ2) is 6.79. The van der Waals surface area contributed by atoms with Gasteiger partial charge < -0.3 is 5.32 Å². The highest BCUT2D eigenvalue weighted by Gasteiger charge is 1.89. The molecule has 0 amide bonds. The normalized spacial score (nSPS) is 9.92. The summed E-state index contributed by atoms with van der Waals surface area (Å²) in [7, 11) is 0. The van der Waals surface area contributed by atoms with E-state index >= 15 is 0 Å². The molecule has 0 atom stereocenters. The molecule has 0 radical (unpaired) electrons. The maximum absolute atomic E-state index is 5.58. The molecule has 0 fully saturated rings. The fraction of sp³-hybridized carbons (Fsp3) is 0.455. The first-order valence-corrected chi connectivity index (χ1v) is 5.32. The van der Waals surface area contributed by atoms with Gasteiger partial charge in [-0.2, -0.15) is 0 Å². The maximum atomic E-state index is 5.58. The van der Waals surface area contributed by atoms with Crippen LogP contribution in [0.4, 0.5) is 5.69 Å². The lowest BCUT2D eigenvalue weighted by Crippen LogP contribution is -2.00. The van der Waals surface area contributed by atoms with Crippen molar-refractivity contribution in [2.24, 2.45) is 0 Å². The van der Waals surface area contributed by atoms with E-state index in [9.17, 15) is 0 Å². The van der Waals surface area contributed by atoms with Crippen LogP contribution in [0.2, 0.25) is 0 Å². The molecule has 0 saturated heterocycles. The number of para-hydroxylation sites is 1. The zero-order valence-electron chi connectivity index (χ0n) is 7.80. The summed E-state index contributed by atoms with van der Waals surface area (Å²) in [6.45, 7) is 1.04. The predicted octanol–water partition coefficient (Wildman–Crippen LogP) is 3.51. The summed E-state index contributed by atoms with van der Waals surface area (Å²) in [4.78, 5) is 0. The van der Waals surface area contributed by atoms with Crippen LogP contribution in [0.5, 0.6) is 0 Å². The van der Waals surface area contributed by atoms with E-state index in [4.69, 9.17) is 11.6 Å². The van der Waals surface area contributed by atoms with Crippen LogP contribution in [-0.4, -0.2) is 12.4 Å². The lowest BCUT2D eigenvalue weighted by molar-refractivity contribution is 0.747. The molecule has 0 aliphatic carbocycles. The average molecular weight is 198 g/mol. The lowest BCUT2D eigenvalue weighted by atomic mass is 10.2. The zero-order valence-corrected chi connectivity index (χ0v) is 8.56. The Kier molecular flexibility index (Phi) is 5.42. The van der Waals surface area contributed by atoms with E-state index < -0.39 is 0 Å². The molecule has 0 saturated carbocycles. The van der Waals surface area contributed by atoms with Crippen molar-refractivity contribution in [2.45, 2.75) is 19.3 Å². The highest BCUT2D eigenvalue weighted by Crippen LogP contribution is 2.05. The molecule has 1 aromatic rings. The standard InChI is InChI=1S/C11H16ClN/c12-9-5-2-6-10-13-11-7-3-1-4-8-11/h1,3-4,7-8,13H,2,5-6,9-10H2. The second-order valence-electron chi connectivity index (χ2n) is 3.04. The predicted molar refractivity (Wildman–Crippen MR) is 59.5 cm³/mol.